The Morgan fingerprint density at radius 2 is 1.13 bits per heavy atom. The van der Waals surface area contributed by atoms with Crippen molar-refractivity contribution in [2.75, 3.05) is 26.2 Å². The number of rotatable bonds is 2. The third kappa shape index (κ3) is 4.97. The van der Waals surface area contributed by atoms with Gasteiger partial charge in [0.05, 0.1) is 11.1 Å². The summed E-state index contributed by atoms with van der Waals surface area (Å²) in [7, 11) is 0. The topological polar surface area (TPSA) is 40.6 Å². The third-order valence-corrected chi connectivity index (χ3v) is 4.83. The van der Waals surface area contributed by atoms with Gasteiger partial charge in [-0.1, -0.05) is 0 Å². The molecule has 0 radical (unpaired) electrons. The van der Waals surface area contributed by atoms with Crippen LogP contribution < -0.4 is 0 Å². The smallest absolute Gasteiger partial charge is 0.335 e. The Balaban J connectivity index is 1.65. The van der Waals surface area contributed by atoms with Crippen molar-refractivity contribution in [2.45, 2.75) is 12.4 Å². The number of hydrogen-bond acceptors (Lipinski definition) is 2. The molecule has 1 fully saturated rings. The number of amides is 2. The summed E-state index contributed by atoms with van der Waals surface area (Å²) in [6.45, 7) is 0.0890. The van der Waals surface area contributed by atoms with E-state index in [4.69, 9.17) is 0 Å². The Labute approximate surface area is 171 Å². The highest BCUT2D eigenvalue weighted by atomic mass is 19.4. The molecule has 0 unspecified atom stereocenters. The highest BCUT2D eigenvalue weighted by Gasteiger charge is 2.35. The second-order valence-electron chi connectivity index (χ2n) is 6.85. The summed E-state index contributed by atoms with van der Waals surface area (Å²) >= 11 is 0. The maximum atomic E-state index is 13.4. The Morgan fingerprint density at radius 3 is 1.58 bits per heavy atom. The minimum Gasteiger partial charge on any atom is -0.335 e. The largest absolute Gasteiger partial charge is 0.419 e. The van der Waals surface area contributed by atoms with Gasteiger partial charge in [0.1, 0.15) is 5.82 Å². The van der Waals surface area contributed by atoms with Crippen molar-refractivity contribution in [3.05, 3.63) is 70.5 Å². The van der Waals surface area contributed by atoms with E-state index in [-0.39, 0.29) is 37.3 Å². The SMILES string of the molecule is O=C(c1ccc(C(F)(F)F)cc1)N1CCN(C(=O)c2ccc(F)c(C(F)(F)F)c2)CC1. The fourth-order valence-corrected chi connectivity index (χ4v) is 3.16. The summed E-state index contributed by atoms with van der Waals surface area (Å²) in [5, 5.41) is 0. The Bertz CT molecular complexity index is 977. The lowest BCUT2D eigenvalue weighted by atomic mass is 10.1. The summed E-state index contributed by atoms with van der Waals surface area (Å²) in [4.78, 5) is 27.5. The Morgan fingerprint density at radius 1 is 0.677 bits per heavy atom. The van der Waals surface area contributed by atoms with E-state index in [2.05, 4.69) is 0 Å². The highest BCUT2D eigenvalue weighted by molar-refractivity contribution is 5.96. The molecule has 0 N–H and O–H groups in total. The lowest BCUT2D eigenvalue weighted by molar-refractivity contribution is -0.140. The van der Waals surface area contributed by atoms with Gasteiger partial charge >= 0.3 is 12.4 Å². The Hall–Kier alpha value is -3.11. The first-order valence-corrected chi connectivity index (χ1v) is 9.00. The molecule has 166 valence electrons. The predicted molar refractivity (Wildman–Crippen MR) is 94.7 cm³/mol. The fraction of sp³-hybridized carbons (Fsp3) is 0.300. The van der Waals surface area contributed by atoms with Gasteiger partial charge in [-0.15, -0.1) is 0 Å². The van der Waals surface area contributed by atoms with Crippen molar-refractivity contribution in [2.24, 2.45) is 0 Å². The summed E-state index contributed by atoms with van der Waals surface area (Å²) < 4.78 is 89.9. The van der Waals surface area contributed by atoms with E-state index in [0.29, 0.717) is 12.1 Å². The zero-order valence-electron chi connectivity index (χ0n) is 15.7. The standard InChI is InChI=1S/C20H15F7N2O2/c21-16-6-3-13(11-15(16)20(25,26)27)18(31)29-9-7-28(8-10-29)17(30)12-1-4-14(5-2-12)19(22,23)24/h1-6,11H,7-10H2. The van der Waals surface area contributed by atoms with Crippen LogP contribution in [-0.4, -0.2) is 47.8 Å². The molecule has 2 aromatic carbocycles. The van der Waals surface area contributed by atoms with Crippen LogP contribution in [0.25, 0.3) is 0 Å². The first-order chi connectivity index (χ1) is 14.4. The van der Waals surface area contributed by atoms with E-state index in [1.165, 1.54) is 9.80 Å². The van der Waals surface area contributed by atoms with E-state index in [0.717, 1.165) is 30.3 Å². The van der Waals surface area contributed by atoms with E-state index in [1.54, 1.807) is 0 Å². The van der Waals surface area contributed by atoms with Crippen LogP contribution in [0, 0.1) is 5.82 Å². The molecule has 4 nitrogen and oxygen atoms in total. The Kier molecular flexibility index (Phi) is 5.97. The molecule has 0 aromatic heterocycles. The molecule has 11 heteroatoms. The average molecular weight is 448 g/mol. The minimum atomic E-state index is -4.95. The molecule has 3 rings (SSSR count). The van der Waals surface area contributed by atoms with Crippen LogP contribution >= 0.6 is 0 Å². The molecule has 0 saturated carbocycles. The molecule has 1 aliphatic rings. The molecule has 0 atom stereocenters. The van der Waals surface area contributed by atoms with Gasteiger partial charge in [0.2, 0.25) is 0 Å². The van der Waals surface area contributed by atoms with Gasteiger partial charge in [0.25, 0.3) is 11.8 Å². The van der Waals surface area contributed by atoms with Crippen LogP contribution in [0.4, 0.5) is 30.7 Å². The van der Waals surface area contributed by atoms with Crippen LogP contribution in [0.1, 0.15) is 31.8 Å². The van der Waals surface area contributed by atoms with Crippen molar-refractivity contribution in [1.82, 2.24) is 9.80 Å². The fourth-order valence-electron chi connectivity index (χ4n) is 3.16. The first kappa shape index (κ1) is 22.6. The minimum absolute atomic E-state index is 0.00390. The van der Waals surface area contributed by atoms with Crippen molar-refractivity contribution >= 4 is 11.8 Å². The van der Waals surface area contributed by atoms with E-state index in [1.807, 2.05) is 0 Å². The maximum Gasteiger partial charge on any atom is 0.419 e. The molecule has 0 spiro atoms. The number of halogens is 7. The van der Waals surface area contributed by atoms with Gasteiger partial charge in [-0.05, 0) is 42.5 Å². The van der Waals surface area contributed by atoms with Crippen molar-refractivity contribution in [3.63, 3.8) is 0 Å². The molecule has 1 heterocycles. The quantitative estimate of drug-likeness (QED) is 0.637. The summed E-state index contributed by atoms with van der Waals surface area (Å²) in [5.41, 5.74) is -2.73. The van der Waals surface area contributed by atoms with Gasteiger partial charge < -0.3 is 9.80 Å². The lowest BCUT2D eigenvalue weighted by Gasteiger charge is -2.35. The zero-order valence-corrected chi connectivity index (χ0v) is 15.7. The lowest BCUT2D eigenvalue weighted by Crippen LogP contribution is -2.50. The van der Waals surface area contributed by atoms with Gasteiger partial charge in [-0.25, -0.2) is 4.39 Å². The average Bonchev–Trinajstić information content (AvgIpc) is 2.72. The second kappa shape index (κ2) is 8.20. The maximum absolute atomic E-state index is 13.4. The van der Waals surface area contributed by atoms with Gasteiger partial charge in [0, 0.05) is 37.3 Å². The van der Waals surface area contributed by atoms with Gasteiger partial charge in [-0.2, -0.15) is 26.3 Å². The molecule has 2 aromatic rings. The van der Waals surface area contributed by atoms with Crippen LogP contribution in [0.3, 0.4) is 0 Å². The summed E-state index contributed by atoms with van der Waals surface area (Å²) in [5.74, 6) is -2.76. The number of carbonyl (C=O) groups is 2. The van der Waals surface area contributed by atoms with Crippen LogP contribution in [0.15, 0.2) is 42.5 Å². The molecule has 1 aliphatic heterocycles. The molecule has 2 amide bonds. The molecule has 1 saturated heterocycles. The molecule has 31 heavy (non-hydrogen) atoms. The molecule has 0 bridgehead atoms. The molecular formula is C20H15F7N2O2. The number of nitrogens with zero attached hydrogens (tertiary/aromatic N) is 2. The third-order valence-electron chi connectivity index (χ3n) is 4.83. The van der Waals surface area contributed by atoms with Crippen LogP contribution in [0.5, 0.6) is 0 Å². The summed E-state index contributed by atoms with van der Waals surface area (Å²) in [6, 6.07) is 5.66. The van der Waals surface area contributed by atoms with Crippen molar-refractivity contribution in [1.29, 1.82) is 0 Å². The number of piperazine rings is 1. The summed E-state index contributed by atoms with van der Waals surface area (Å²) in [6.07, 6.45) is -9.48. The predicted octanol–water partition coefficient (Wildman–Crippen LogP) is 4.46. The normalized spacial score (nSPS) is 15.2. The van der Waals surface area contributed by atoms with E-state index >= 15 is 0 Å². The monoisotopic (exact) mass is 448 g/mol. The zero-order chi connectivity index (χ0) is 23.0. The van der Waals surface area contributed by atoms with E-state index in [9.17, 15) is 40.3 Å². The first-order valence-electron chi connectivity index (χ1n) is 9.00. The van der Waals surface area contributed by atoms with Crippen molar-refractivity contribution < 1.29 is 40.3 Å². The van der Waals surface area contributed by atoms with Gasteiger partial charge in [0.15, 0.2) is 0 Å². The van der Waals surface area contributed by atoms with Gasteiger partial charge in [-0.3, -0.25) is 9.59 Å². The van der Waals surface area contributed by atoms with Crippen molar-refractivity contribution in [3.8, 4) is 0 Å². The number of hydrogen-bond donors (Lipinski definition) is 0. The highest BCUT2D eigenvalue weighted by Crippen LogP contribution is 2.32. The number of carbonyl (C=O) groups excluding carboxylic acids is 2. The molecule has 0 aliphatic carbocycles. The molecular weight excluding hydrogens is 433 g/mol. The van der Waals surface area contributed by atoms with E-state index < -0.39 is 41.1 Å². The number of alkyl halides is 6. The number of benzene rings is 2. The second-order valence-corrected chi connectivity index (χ2v) is 6.85. The van der Waals surface area contributed by atoms with Crippen LogP contribution in [0.2, 0.25) is 0 Å². The van der Waals surface area contributed by atoms with Crippen LogP contribution in [-0.2, 0) is 12.4 Å².